The van der Waals surface area contributed by atoms with Crippen LogP contribution in [-0.4, -0.2) is 23.2 Å². The van der Waals surface area contributed by atoms with Crippen LogP contribution in [0.3, 0.4) is 0 Å². The van der Waals surface area contributed by atoms with Gasteiger partial charge in [0.15, 0.2) is 5.13 Å². The molecule has 1 aromatic heterocycles. The molecule has 1 atom stereocenters. The zero-order valence-electron chi connectivity index (χ0n) is 8.92. The highest BCUT2D eigenvalue weighted by molar-refractivity contribution is 7.14. The number of ether oxygens (including phenoxy) is 1. The number of anilines is 1. The van der Waals surface area contributed by atoms with Crippen LogP contribution in [0.2, 0.25) is 5.15 Å². The largest absolute Gasteiger partial charge is 0.375 e. The van der Waals surface area contributed by atoms with E-state index in [4.69, 9.17) is 16.3 Å². The van der Waals surface area contributed by atoms with E-state index in [0.29, 0.717) is 11.2 Å². The van der Waals surface area contributed by atoms with Gasteiger partial charge in [-0.3, -0.25) is 0 Å². The first-order chi connectivity index (χ1) is 7.05. The quantitative estimate of drug-likeness (QED) is 0.871. The van der Waals surface area contributed by atoms with Crippen molar-refractivity contribution in [3.8, 4) is 0 Å². The van der Waals surface area contributed by atoms with Gasteiger partial charge >= 0.3 is 0 Å². The second-order valence-electron chi connectivity index (χ2n) is 4.42. The average Bonchev–Trinajstić information content (AvgIpc) is 2.49. The van der Waals surface area contributed by atoms with Gasteiger partial charge in [0.2, 0.25) is 0 Å². The van der Waals surface area contributed by atoms with Crippen molar-refractivity contribution in [1.82, 2.24) is 4.98 Å². The van der Waals surface area contributed by atoms with Crippen LogP contribution in [0.15, 0.2) is 5.38 Å². The maximum Gasteiger partial charge on any atom is 0.184 e. The second-order valence-corrected chi connectivity index (χ2v) is 5.66. The zero-order valence-corrected chi connectivity index (χ0v) is 10.5. The summed E-state index contributed by atoms with van der Waals surface area (Å²) in [6.45, 7) is 5.05. The van der Waals surface area contributed by atoms with Crippen LogP contribution in [0.25, 0.3) is 0 Å². The summed E-state index contributed by atoms with van der Waals surface area (Å²) >= 11 is 7.32. The minimum absolute atomic E-state index is 0.0308. The Kier molecular flexibility index (Phi) is 3.19. The highest BCUT2D eigenvalue weighted by Gasteiger charge is 2.29. The van der Waals surface area contributed by atoms with Gasteiger partial charge < -0.3 is 10.1 Å². The van der Waals surface area contributed by atoms with Crippen molar-refractivity contribution in [2.24, 2.45) is 0 Å². The maximum atomic E-state index is 5.77. The summed E-state index contributed by atoms with van der Waals surface area (Å²) in [6, 6.07) is 0.441. The molecule has 84 valence electrons. The van der Waals surface area contributed by atoms with E-state index in [0.717, 1.165) is 24.6 Å². The summed E-state index contributed by atoms with van der Waals surface area (Å²) in [7, 11) is 0. The standard InChI is InChI=1S/C10H15ClN2OS/c1-10(2)5-7(3-4-14-10)12-9-13-8(11)6-15-9/h6-7H,3-5H2,1-2H3,(H,12,13). The molecular formula is C10H15ClN2OS. The van der Waals surface area contributed by atoms with Gasteiger partial charge in [-0.2, -0.15) is 0 Å². The lowest BCUT2D eigenvalue weighted by molar-refractivity contribution is -0.0553. The van der Waals surface area contributed by atoms with E-state index in [2.05, 4.69) is 24.1 Å². The molecule has 0 aromatic carbocycles. The predicted molar refractivity (Wildman–Crippen MR) is 63.8 cm³/mol. The highest BCUT2D eigenvalue weighted by Crippen LogP contribution is 2.28. The lowest BCUT2D eigenvalue weighted by Gasteiger charge is -2.35. The lowest BCUT2D eigenvalue weighted by atomic mass is 9.94. The molecule has 3 nitrogen and oxygen atoms in total. The third-order valence-corrected chi connectivity index (χ3v) is 3.60. The molecule has 0 amide bonds. The van der Waals surface area contributed by atoms with Crippen molar-refractivity contribution in [3.05, 3.63) is 10.5 Å². The Labute approximate surface area is 98.8 Å². The number of aromatic nitrogens is 1. The zero-order chi connectivity index (χ0) is 10.9. The Hall–Kier alpha value is -0.320. The van der Waals surface area contributed by atoms with E-state index in [-0.39, 0.29) is 5.60 Å². The van der Waals surface area contributed by atoms with E-state index < -0.39 is 0 Å². The summed E-state index contributed by atoms with van der Waals surface area (Å²) in [5.74, 6) is 0. The van der Waals surface area contributed by atoms with Crippen molar-refractivity contribution in [1.29, 1.82) is 0 Å². The number of nitrogens with one attached hydrogen (secondary N) is 1. The fourth-order valence-corrected chi connectivity index (χ4v) is 2.77. The Morgan fingerprint density at radius 1 is 1.67 bits per heavy atom. The fraction of sp³-hybridized carbons (Fsp3) is 0.700. The molecule has 1 N–H and O–H groups in total. The van der Waals surface area contributed by atoms with Crippen LogP contribution in [0, 0.1) is 0 Å². The lowest BCUT2D eigenvalue weighted by Crippen LogP contribution is -2.40. The predicted octanol–water partition coefficient (Wildman–Crippen LogP) is 3.17. The van der Waals surface area contributed by atoms with Gasteiger partial charge in [0.05, 0.1) is 5.60 Å². The summed E-state index contributed by atoms with van der Waals surface area (Å²) in [5, 5.41) is 6.71. The minimum Gasteiger partial charge on any atom is -0.375 e. The Morgan fingerprint density at radius 2 is 2.47 bits per heavy atom. The van der Waals surface area contributed by atoms with Crippen LogP contribution >= 0.6 is 22.9 Å². The SMILES string of the molecule is CC1(C)CC(Nc2nc(Cl)cs2)CCO1. The van der Waals surface area contributed by atoms with Gasteiger partial charge in [0.25, 0.3) is 0 Å². The van der Waals surface area contributed by atoms with Gasteiger partial charge in [-0.1, -0.05) is 11.6 Å². The second kappa shape index (κ2) is 4.28. The van der Waals surface area contributed by atoms with Crippen molar-refractivity contribution in [3.63, 3.8) is 0 Å². The summed E-state index contributed by atoms with van der Waals surface area (Å²) in [4.78, 5) is 4.18. The fourth-order valence-electron chi connectivity index (χ4n) is 1.85. The molecule has 2 heterocycles. The van der Waals surface area contributed by atoms with Crippen molar-refractivity contribution in [2.75, 3.05) is 11.9 Å². The molecule has 0 aliphatic carbocycles. The molecule has 1 fully saturated rings. The molecule has 5 heteroatoms. The molecule has 15 heavy (non-hydrogen) atoms. The van der Waals surface area contributed by atoms with Crippen LogP contribution in [0.4, 0.5) is 5.13 Å². The molecule has 1 aliphatic heterocycles. The number of nitrogens with zero attached hydrogens (tertiary/aromatic N) is 1. The van der Waals surface area contributed by atoms with Gasteiger partial charge in [0.1, 0.15) is 5.15 Å². The first-order valence-corrected chi connectivity index (χ1v) is 6.32. The topological polar surface area (TPSA) is 34.2 Å². The highest BCUT2D eigenvalue weighted by atomic mass is 35.5. The molecule has 1 saturated heterocycles. The minimum atomic E-state index is -0.0308. The van der Waals surface area contributed by atoms with E-state index in [1.165, 1.54) is 0 Å². The number of halogens is 1. The molecule has 1 aromatic rings. The number of thiazole rings is 1. The van der Waals surface area contributed by atoms with E-state index >= 15 is 0 Å². The van der Waals surface area contributed by atoms with Crippen LogP contribution in [-0.2, 0) is 4.74 Å². The van der Waals surface area contributed by atoms with E-state index in [1.807, 2.05) is 5.38 Å². The van der Waals surface area contributed by atoms with E-state index in [9.17, 15) is 0 Å². The van der Waals surface area contributed by atoms with Crippen LogP contribution < -0.4 is 5.32 Å². The maximum absolute atomic E-state index is 5.77. The molecule has 0 spiro atoms. The summed E-state index contributed by atoms with van der Waals surface area (Å²) in [6.07, 6.45) is 2.03. The number of hydrogen-bond acceptors (Lipinski definition) is 4. The summed E-state index contributed by atoms with van der Waals surface area (Å²) in [5.41, 5.74) is -0.0308. The van der Waals surface area contributed by atoms with Gasteiger partial charge in [0, 0.05) is 18.0 Å². The van der Waals surface area contributed by atoms with Crippen molar-refractivity contribution < 1.29 is 4.74 Å². The molecular weight excluding hydrogens is 232 g/mol. The molecule has 0 bridgehead atoms. The Bertz CT molecular complexity index is 340. The first kappa shape index (κ1) is 11.2. The molecule has 1 unspecified atom stereocenters. The normalized spacial score (nSPS) is 25.1. The average molecular weight is 247 g/mol. The molecule has 0 radical (unpaired) electrons. The van der Waals surface area contributed by atoms with Crippen LogP contribution in [0.5, 0.6) is 0 Å². The molecule has 1 aliphatic rings. The molecule has 2 rings (SSSR count). The number of hydrogen-bond donors (Lipinski definition) is 1. The van der Waals surface area contributed by atoms with Gasteiger partial charge in [-0.15, -0.1) is 11.3 Å². The molecule has 0 saturated carbocycles. The third-order valence-electron chi connectivity index (χ3n) is 2.50. The summed E-state index contributed by atoms with van der Waals surface area (Å²) < 4.78 is 5.66. The monoisotopic (exact) mass is 246 g/mol. The third kappa shape index (κ3) is 3.06. The number of rotatable bonds is 2. The van der Waals surface area contributed by atoms with Crippen molar-refractivity contribution >= 4 is 28.1 Å². The first-order valence-electron chi connectivity index (χ1n) is 5.07. The van der Waals surface area contributed by atoms with Crippen LogP contribution in [0.1, 0.15) is 26.7 Å². The smallest absolute Gasteiger partial charge is 0.184 e. The van der Waals surface area contributed by atoms with E-state index in [1.54, 1.807) is 11.3 Å². The van der Waals surface area contributed by atoms with Gasteiger partial charge in [-0.25, -0.2) is 4.98 Å². The Morgan fingerprint density at radius 3 is 3.07 bits per heavy atom. The van der Waals surface area contributed by atoms with Crippen molar-refractivity contribution in [2.45, 2.75) is 38.3 Å². The Balaban J connectivity index is 1.95. The van der Waals surface area contributed by atoms with Gasteiger partial charge in [-0.05, 0) is 26.7 Å².